The third kappa shape index (κ3) is 2.67. The molecule has 3 N–H and O–H groups in total. The van der Waals surface area contributed by atoms with E-state index in [2.05, 4.69) is 51.4 Å². The number of nitrogens with zero attached hydrogens (tertiary/aromatic N) is 4. The molecule has 0 radical (unpaired) electrons. The van der Waals surface area contributed by atoms with Crippen LogP contribution in [0.15, 0.2) is 37.1 Å². The van der Waals surface area contributed by atoms with Gasteiger partial charge in [0.05, 0.1) is 5.69 Å². The van der Waals surface area contributed by atoms with E-state index in [-0.39, 0.29) is 0 Å². The Bertz CT molecular complexity index is 806. The molecule has 6 nitrogen and oxygen atoms in total. The number of rotatable bonds is 4. The molecule has 0 saturated carbocycles. The second-order valence-corrected chi connectivity index (χ2v) is 6.69. The zero-order valence-corrected chi connectivity index (χ0v) is 14.0. The number of anilines is 1. The van der Waals surface area contributed by atoms with Crippen LogP contribution in [0.4, 0.5) is 5.69 Å². The van der Waals surface area contributed by atoms with Crippen molar-refractivity contribution in [3.05, 3.63) is 37.1 Å². The summed E-state index contributed by atoms with van der Waals surface area (Å²) in [6, 6.07) is 7.27. The van der Waals surface area contributed by atoms with Gasteiger partial charge in [-0.15, -0.1) is 10.2 Å². The number of H-pyrrole nitrogens is 1. The summed E-state index contributed by atoms with van der Waals surface area (Å²) in [6.07, 6.45) is 10.1. The molecule has 1 aromatic carbocycles. The molecule has 4 rings (SSSR count). The Kier molecular flexibility index (Phi) is 3.98. The number of nitrogens with one attached hydrogen (secondary N) is 1. The lowest BCUT2D eigenvalue weighted by atomic mass is 9.94. The van der Waals surface area contributed by atoms with Gasteiger partial charge in [0, 0.05) is 41.4 Å². The molecule has 0 spiro atoms. The predicted molar refractivity (Wildman–Crippen MR) is 96.5 cm³/mol. The van der Waals surface area contributed by atoms with E-state index in [1.807, 2.05) is 4.57 Å². The minimum Gasteiger partial charge on any atom is -0.367 e. The molecule has 6 heteroatoms. The molecule has 1 saturated heterocycles. The summed E-state index contributed by atoms with van der Waals surface area (Å²) in [5, 5.41) is 9.06. The van der Waals surface area contributed by atoms with Gasteiger partial charge in [0.1, 0.15) is 12.7 Å². The van der Waals surface area contributed by atoms with Crippen LogP contribution in [-0.2, 0) is 0 Å². The van der Waals surface area contributed by atoms with Gasteiger partial charge in [0.15, 0.2) is 0 Å². The molecular weight excluding hydrogens is 300 g/mol. The Balaban J connectivity index is 1.74. The topological polar surface area (TPSA) is 75.8 Å². The Morgan fingerprint density at radius 2 is 2.12 bits per heavy atom. The zero-order valence-electron chi connectivity index (χ0n) is 14.0. The van der Waals surface area contributed by atoms with Crippen LogP contribution in [0.25, 0.3) is 16.6 Å². The molecule has 2 aromatic heterocycles. The van der Waals surface area contributed by atoms with Crippen LogP contribution in [0.1, 0.15) is 32.6 Å². The number of aromatic nitrogens is 4. The Labute approximate surface area is 141 Å². The molecule has 3 aromatic rings. The molecule has 0 aliphatic carbocycles. The van der Waals surface area contributed by atoms with Gasteiger partial charge in [-0.25, -0.2) is 0 Å². The highest BCUT2D eigenvalue weighted by Gasteiger charge is 2.27. The quantitative estimate of drug-likeness (QED) is 0.774. The van der Waals surface area contributed by atoms with Crippen molar-refractivity contribution in [2.45, 2.75) is 44.7 Å². The minimum atomic E-state index is 0.329. The summed E-state index contributed by atoms with van der Waals surface area (Å²) in [5.74, 6) is 0. The van der Waals surface area contributed by atoms with Gasteiger partial charge in [-0.1, -0.05) is 13.3 Å². The van der Waals surface area contributed by atoms with Crippen LogP contribution in [0.5, 0.6) is 0 Å². The smallest absolute Gasteiger partial charge is 0.123 e. The Hall–Kier alpha value is -2.34. The molecule has 2 atom stereocenters. The van der Waals surface area contributed by atoms with Crippen LogP contribution < -0.4 is 10.6 Å². The van der Waals surface area contributed by atoms with Gasteiger partial charge in [0.25, 0.3) is 0 Å². The normalized spacial score (nSPS) is 21.5. The Morgan fingerprint density at radius 1 is 1.29 bits per heavy atom. The predicted octanol–water partition coefficient (Wildman–Crippen LogP) is 2.84. The van der Waals surface area contributed by atoms with Crippen molar-refractivity contribution in [1.82, 2.24) is 19.7 Å². The number of hydrogen-bond donors (Lipinski definition) is 2. The average Bonchev–Trinajstić information content (AvgIpc) is 3.24. The summed E-state index contributed by atoms with van der Waals surface area (Å²) < 4.78 is 1.94. The first-order valence-electron chi connectivity index (χ1n) is 8.74. The van der Waals surface area contributed by atoms with E-state index in [9.17, 15) is 0 Å². The maximum absolute atomic E-state index is 6.22. The molecule has 0 bridgehead atoms. The van der Waals surface area contributed by atoms with E-state index in [0.717, 1.165) is 30.6 Å². The fourth-order valence-electron chi connectivity index (χ4n) is 3.83. The summed E-state index contributed by atoms with van der Waals surface area (Å²) in [6.45, 7) is 3.27. The fourth-order valence-corrected chi connectivity index (χ4v) is 3.83. The maximum Gasteiger partial charge on any atom is 0.123 e. The van der Waals surface area contributed by atoms with Crippen LogP contribution >= 0.6 is 0 Å². The van der Waals surface area contributed by atoms with E-state index < -0.39 is 0 Å². The Morgan fingerprint density at radius 3 is 2.92 bits per heavy atom. The van der Waals surface area contributed by atoms with Crippen LogP contribution in [-0.4, -0.2) is 38.4 Å². The van der Waals surface area contributed by atoms with Gasteiger partial charge >= 0.3 is 0 Å². The second-order valence-electron chi connectivity index (χ2n) is 6.69. The van der Waals surface area contributed by atoms with Gasteiger partial charge in [-0.05, 0) is 37.5 Å². The number of aromatic amines is 1. The number of nitrogens with two attached hydrogens (primary N) is 1. The summed E-state index contributed by atoms with van der Waals surface area (Å²) in [4.78, 5) is 5.96. The van der Waals surface area contributed by atoms with E-state index in [1.54, 1.807) is 12.7 Å². The lowest BCUT2D eigenvalue weighted by Crippen LogP contribution is -2.47. The molecule has 1 aliphatic rings. The molecule has 1 fully saturated rings. The van der Waals surface area contributed by atoms with E-state index in [1.165, 1.54) is 23.9 Å². The second kappa shape index (κ2) is 6.28. The van der Waals surface area contributed by atoms with Gasteiger partial charge in [-0.3, -0.25) is 4.57 Å². The highest BCUT2D eigenvalue weighted by molar-refractivity contribution is 5.94. The first-order chi connectivity index (χ1) is 11.8. The molecule has 0 amide bonds. The number of hydrogen-bond acceptors (Lipinski definition) is 4. The number of benzene rings is 1. The molecule has 126 valence electrons. The van der Waals surface area contributed by atoms with Crippen molar-refractivity contribution >= 4 is 16.6 Å². The van der Waals surface area contributed by atoms with Crippen molar-refractivity contribution in [3.63, 3.8) is 0 Å². The third-order valence-electron chi connectivity index (χ3n) is 5.05. The summed E-state index contributed by atoms with van der Waals surface area (Å²) in [5.41, 5.74) is 9.74. The lowest BCUT2D eigenvalue weighted by molar-refractivity contribution is 0.393. The van der Waals surface area contributed by atoms with Crippen molar-refractivity contribution in [1.29, 1.82) is 0 Å². The SMILES string of the molecule is CCCC1CC(N)CCN1c1c[nH]c2ccc(-n3cnnc3)cc12. The van der Waals surface area contributed by atoms with Gasteiger partial charge in [-0.2, -0.15) is 0 Å². The molecule has 24 heavy (non-hydrogen) atoms. The average molecular weight is 324 g/mol. The highest BCUT2D eigenvalue weighted by atomic mass is 15.2. The van der Waals surface area contributed by atoms with Crippen LogP contribution in [0.2, 0.25) is 0 Å². The highest BCUT2D eigenvalue weighted by Crippen LogP contribution is 2.34. The van der Waals surface area contributed by atoms with Crippen molar-refractivity contribution in [3.8, 4) is 5.69 Å². The van der Waals surface area contributed by atoms with Gasteiger partial charge in [0.2, 0.25) is 0 Å². The maximum atomic E-state index is 6.22. The van der Waals surface area contributed by atoms with E-state index >= 15 is 0 Å². The zero-order chi connectivity index (χ0) is 16.5. The first-order valence-corrected chi connectivity index (χ1v) is 8.74. The first kappa shape index (κ1) is 15.2. The fraction of sp³-hybridized carbons (Fsp3) is 0.444. The third-order valence-corrected chi connectivity index (χ3v) is 5.05. The minimum absolute atomic E-state index is 0.329. The van der Waals surface area contributed by atoms with E-state index in [0.29, 0.717) is 12.1 Å². The molecular formula is C18H24N6. The molecule has 3 heterocycles. The number of fused-ring (bicyclic) bond motifs is 1. The van der Waals surface area contributed by atoms with Crippen LogP contribution in [0.3, 0.4) is 0 Å². The van der Waals surface area contributed by atoms with Crippen molar-refractivity contribution in [2.24, 2.45) is 5.73 Å². The summed E-state index contributed by atoms with van der Waals surface area (Å²) >= 11 is 0. The van der Waals surface area contributed by atoms with Crippen LogP contribution in [0, 0.1) is 0 Å². The van der Waals surface area contributed by atoms with Crippen molar-refractivity contribution in [2.75, 3.05) is 11.4 Å². The van der Waals surface area contributed by atoms with Crippen molar-refractivity contribution < 1.29 is 0 Å². The molecule has 1 aliphatic heterocycles. The number of piperidine rings is 1. The standard InChI is InChI=1S/C18H24N6/c1-2-3-15-8-13(19)6-7-24(15)18-10-20-17-5-4-14(9-16(17)18)23-11-21-22-12-23/h4-5,9-13,15,20H,2-3,6-8,19H2,1H3. The monoisotopic (exact) mass is 324 g/mol. The molecule has 2 unspecified atom stereocenters. The summed E-state index contributed by atoms with van der Waals surface area (Å²) in [7, 11) is 0. The largest absolute Gasteiger partial charge is 0.367 e. The van der Waals surface area contributed by atoms with Gasteiger partial charge < -0.3 is 15.6 Å². The lowest BCUT2D eigenvalue weighted by Gasteiger charge is -2.39. The van der Waals surface area contributed by atoms with E-state index in [4.69, 9.17) is 5.73 Å².